The summed E-state index contributed by atoms with van der Waals surface area (Å²) in [4.78, 5) is 32.0. The predicted molar refractivity (Wildman–Crippen MR) is 138 cm³/mol. The van der Waals surface area contributed by atoms with Gasteiger partial charge in [-0.1, -0.05) is 0 Å². The van der Waals surface area contributed by atoms with Gasteiger partial charge in [0.25, 0.3) is 11.7 Å². The quantitative estimate of drug-likeness (QED) is 0.225. The average Bonchev–Trinajstić information content (AvgIpc) is 3.51. The number of aliphatic hydroxyl groups is 1. The number of methoxy groups -OCH3 is 3. The molecular formula is C26H26BrN3O7. The fourth-order valence-electron chi connectivity index (χ4n) is 4.35. The Balaban J connectivity index is 1.83. The molecular weight excluding hydrogens is 546 g/mol. The number of nitrogens with zero attached hydrogens (tertiary/aromatic N) is 3. The molecule has 2 N–H and O–H groups in total. The summed E-state index contributed by atoms with van der Waals surface area (Å²) in [5, 5.41) is 21.7. The Hall–Kier alpha value is -3.99. The second-order valence-corrected chi connectivity index (χ2v) is 9.12. The van der Waals surface area contributed by atoms with Gasteiger partial charge >= 0.3 is 0 Å². The number of hydrogen-bond donors (Lipinski definition) is 2. The van der Waals surface area contributed by atoms with Gasteiger partial charge in [-0.05, 0) is 58.2 Å². The number of ketones is 1. The van der Waals surface area contributed by atoms with Crippen molar-refractivity contribution in [2.24, 2.45) is 0 Å². The minimum Gasteiger partial charge on any atom is -0.507 e. The van der Waals surface area contributed by atoms with Crippen LogP contribution in [0.5, 0.6) is 23.0 Å². The van der Waals surface area contributed by atoms with E-state index in [2.05, 4.69) is 20.9 Å². The van der Waals surface area contributed by atoms with Crippen molar-refractivity contribution in [3.63, 3.8) is 0 Å². The van der Waals surface area contributed by atoms with E-state index in [4.69, 9.17) is 14.2 Å². The van der Waals surface area contributed by atoms with E-state index in [-0.39, 0.29) is 34.9 Å². The van der Waals surface area contributed by atoms with Gasteiger partial charge in [0, 0.05) is 31.0 Å². The van der Waals surface area contributed by atoms with E-state index in [1.165, 1.54) is 32.3 Å². The lowest BCUT2D eigenvalue weighted by Gasteiger charge is -2.26. The number of phenolic OH excluding ortho intramolecular Hbond substituents is 1. The largest absolute Gasteiger partial charge is 0.507 e. The number of benzene rings is 2. The molecule has 0 saturated carbocycles. The van der Waals surface area contributed by atoms with E-state index in [1.54, 1.807) is 36.8 Å². The molecule has 0 bridgehead atoms. The van der Waals surface area contributed by atoms with Gasteiger partial charge in [-0.15, -0.1) is 0 Å². The molecule has 1 aliphatic rings. The molecule has 0 aliphatic carbocycles. The highest BCUT2D eigenvalue weighted by atomic mass is 79.9. The molecule has 1 aliphatic heterocycles. The zero-order chi connectivity index (χ0) is 26.7. The molecule has 4 rings (SSSR count). The van der Waals surface area contributed by atoms with Gasteiger partial charge in [0.05, 0.1) is 43.7 Å². The van der Waals surface area contributed by atoms with Crippen molar-refractivity contribution in [1.82, 2.24) is 14.5 Å². The molecule has 3 aromatic rings. The Bertz CT molecular complexity index is 1350. The number of aromatic nitrogens is 2. The Kier molecular flexibility index (Phi) is 7.72. The van der Waals surface area contributed by atoms with Crippen LogP contribution in [0.3, 0.4) is 0 Å². The molecule has 1 aromatic heterocycles. The van der Waals surface area contributed by atoms with Gasteiger partial charge in [-0.2, -0.15) is 0 Å². The highest BCUT2D eigenvalue weighted by Crippen LogP contribution is 2.45. The SMILES string of the molecule is COc1ccc(/C(O)=C2/C(=O)C(=O)N(CCCn3ccnc3)C2c2cc(Br)c(O)c(OC)c2)cc1OC. The van der Waals surface area contributed by atoms with E-state index in [1.807, 2.05) is 10.8 Å². The van der Waals surface area contributed by atoms with Crippen LogP contribution in [0.25, 0.3) is 5.76 Å². The Morgan fingerprint density at radius 1 is 1.03 bits per heavy atom. The summed E-state index contributed by atoms with van der Waals surface area (Å²) in [6.45, 7) is 0.810. The maximum atomic E-state index is 13.3. The van der Waals surface area contributed by atoms with Gasteiger partial charge in [0.15, 0.2) is 23.0 Å². The van der Waals surface area contributed by atoms with Crippen LogP contribution in [0, 0.1) is 0 Å². The molecule has 1 atom stereocenters. The van der Waals surface area contributed by atoms with Crippen LogP contribution in [0.4, 0.5) is 0 Å². The van der Waals surface area contributed by atoms with Crippen molar-refractivity contribution in [2.75, 3.05) is 27.9 Å². The summed E-state index contributed by atoms with van der Waals surface area (Å²) in [6.07, 6.45) is 5.68. The number of carbonyl (C=O) groups excluding carboxylic acids is 2. The van der Waals surface area contributed by atoms with Crippen molar-refractivity contribution in [3.05, 3.63) is 70.2 Å². The summed E-state index contributed by atoms with van der Waals surface area (Å²) in [5.74, 6) is -1.08. The maximum Gasteiger partial charge on any atom is 0.295 e. The molecule has 37 heavy (non-hydrogen) atoms. The van der Waals surface area contributed by atoms with Crippen LogP contribution in [0.15, 0.2) is 59.1 Å². The van der Waals surface area contributed by atoms with E-state index < -0.39 is 17.7 Å². The van der Waals surface area contributed by atoms with Crippen LogP contribution in [-0.4, -0.2) is 64.2 Å². The number of Topliss-reactive ketones (excluding diaryl/α,β-unsaturated/α-hetero) is 1. The first-order valence-corrected chi connectivity index (χ1v) is 12.1. The number of rotatable bonds is 9. The van der Waals surface area contributed by atoms with Crippen molar-refractivity contribution in [3.8, 4) is 23.0 Å². The lowest BCUT2D eigenvalue weighted by molar-refractivity contribution is -0.139. The Labute approximate surface area is 221 Å². The Morgan fingerprint density at radius 2 is 1.76 bits per heavy atom. The molecule has 2 heterocycles. The predicted octanol–water partition coefficient (Wildman–Crippen LogP) is 3.89. The number of aliphatic hydroxyl groups excluding tert-OH is 1. The third kappa shape index (κ3) is 4.99. The summed E-state index contributed by atoms with van der Waals surface area (Å²) in [5.41, 5.74) is 0.675. The third-order valence-electron chi connectivity index (χ3n) is 6.16. The van der Waals surface area contributed by atoms with Crippen LogP contribution < -0.4 is 14.2 Å². The summed E-state index contributed by atoms with van der Waals surface area (Å²) in [7, 11) is 4.35. The zero-order valence-electron chi connectivity index (χ0n) is 20.5. The lowest BCUT2D eigenvalue weighted by Crippen LogP contribution is -2.31. The first-order valence-electron chi connectivity index (χ1n) is 11.3. The molecule has 0 radical (unpaired) electrons. The second kappa shape index (κ2) is 11.0. The van der Waals surface area contributed by atoms with Crippen LogP contribution in [0.2, 0.25) is 0 Å². The van der Waals surface area contributed by atoms with Gasteiger partial charge in [-0.25, -0.2) is 4.98 Å². The van der Waals surface area contributed by atoms with Gasteiger partial charge in [-0.3, -0.25) is 9.59 Å². The van der Waals surface area contributed by atoms with Crippen LogP contribution in [0.1, 0.15) is 23.6 Å². The molecule has 2 aromatic carbocycles. The number of hydrogen-bond acceptors (Lipinski definition) is 8. The molecule has 194 valence electrons. The number of aryl methyl sites for hydroxylation is 1. The molecule has 0 spiro atoms. The minimum atomic E-state index is -0.929. The molecule has 1 unspecified atom stereocenters. The number of imidazole rings is 1. The van der Waals surface area contributed by atoms with Gasteiger partial charge < -0.3 is 33.9 Å². The number of amides is 1. The monoisotopic (exact) mass is 571 g/mol. The van der Waals surface area contributed by atoms with Crippen molar-refractivity contribution >= 4 is 33.4 Å². The molecule has 11 heteroatoms. The van der Waals surface area contributed by atoms with E-state index in [0.717, 1.165) is 0 Å². The number of aromatic hydroxyl groups is 1. The number of carbonyl (C=O) groups is 2. The fraction of sp³-hybridized carbons (Fsp3) is 0.269. The van der Waals surface area contributed by atoms with Gasteiger partial charge in [0.1, 0.15) is 5.76 Å². The lowest BCUT2D eigenvalue weighted by atomic mass is 9.94. The summed E-state index contributed by atoms with van der Waals surface area (Å²) >= 11 is 3.31. The third-order valence-corrected chi connectivity index (χ3v) is 6.76. The minimum absolute atomic E-state index is 0.0838. The highest BCUT2D eigenvalue weighted by molar-refractivity contribution is 9.10. The second-order valence-electron chi connectivity index (χ2n) is 8.27. The topological polar surface area (TPSA) is 123 Å². The molecule has 1 saturated heterocycles. The smallest absolute Gasteiger partial charge is 0.295 e. The summed E-state index contributed by atoms with van der Waals surface area (Å²) in [6, 6.07) is 6.92. The number of phenols is 1. The standard InChI is InChI=1S/C26H26BrN3O7/c1-35-18-6-5-15(12-19(18)36-2)23(31)21-22(16-11-17(27)24(32)20(13-16)37-3)30(26(34)25(21)33)9-4-8-29-10-7-28-14-29/h5-7,10-14,22,31-32H,4,8-9H2,1-3H3/b23-21-. The first kappa shape index (κ1) is 26.1. The van der Waals surface area contributed by atoms with Crippen molar-refractivity contribution in [1.29, 1.82) is 0 Å². The molecule has 10 nitrogen and oxygen atoms in total. The van der Waals surface area contributed by atoms with E-state index in [0.29, 0.717) is 34.5 Å². The zero-order valence-corrected chi connectivity index (χ0v) is 22.1. The number of likely N-dealkylation sites (tertiary alicyclic amines) is 1. The van der Waals surface area contributed by atoms with E-state index in [9.17, 15) is 19.8 Å². The average molecular weight is 572 g/mol. The first-order chi connectivity index (χ1) is 17.8. The number of ether oxygens (including phenoxy) is 3. The fourth-order valence-corrected chi connectivity index (χ4v) is 4.81. The normalized spacial score (nSPS) is 16.8. The van der Waals surface area contributed by atoms with Crippen LogP contribution >= 0.6 is 15.9 Å². The van der Waals surface area contributed by atoms with E-state index >= 15 is 0 Å². The molecule has 1 fully saturated rings. The number of halogens is 1. The summed E-state index contributed by atoms with van der Waals surface area (Å²) < 4.78 is 18.1. The Morgan fingerprint density at radius 3 is 2.41 bits per heavy atom. The maximum absolute atomic E-state index is 13.3. The van der Waals surface area contributed by atoms with Crippen LogP contribution in [-0.2, 0) is 16.1 Å². The van der Waals surface area contributed by atoms with Gasteiger partial charge in [0.2, 0.25) is 0 Å². The van der Waals surface area contributed by atoms with Crippen molar-refractivity contribution < 1.29 is 34.0 Å². The highest BCUT2D eigenvalue weighted by Gasteiger charge is 2.46. The molecule has 1 amide bonds. The van der Waals surface area contributed by atoms with Crippen molar-refractivity contribution in [2.45, 2.75) is 19.0 Å².